The lowest BCUT2D eigenvalue weighted by atomic mass is 10.0. The smallest absolute Gasteiger partial charge is 0.271 e. The number of aryl methyl sites for hydroxylation is 1. The Kier molecular flexibility index (Phi) is 4.72. The highest BCUT2D eigenvalue weighted by molar-refractivity contribution is 7.14. The summed E-state index contributed by atoms with van der Waals surface area (Å²) in [6.45, 7) is 5.79. The Morgan fingerprint density at radius 1 is 1.32 bits per heavy atom. The Morgan fingerprint density at radius 3 is 2.82 bits per heavy atom. The highest BCUT2D eigenvalue weighted by atomic mass is 32.1. The molecule has 2 aromatic heterocycles. The lowest BCUT2D eigenvalue weighted by molar-refractivity contribution is -0.119. The maximum absolute atomic E-state index is 13.0. The van der Waals surface area contributed by atoms with Crippen LogP contribution in [0.2, 0.25) is 0 Å². The second-order valence-corrected chi connectivity index (χ2v) is 8.01. The molecule has 1 aromatic carbocycles. The Labute approximate surface area is 167 Å². The molecule has 0 unspecified atom stereocenters. The zero-order valence-electron chi connectivity index (χ0n) is 15.9. The number of thiazole rings is 1. The molecule has 0 fully saturated rings. The third-order valence-corrected chi connectivity index (χ3v) is 5.20. The van der Waals surface area contributed by atoms with Gasteiger partial charge in [0, 0.05) is 17.4 Å². The van der Waals surface area contributed by atoms with Crippen molar-refractivity contribution in [1.29, 1.82) is 0 Å². The zero-order chi connectivity index (χ0) is 19.7. The van der Waals surface area contributed by atoms with Crippen molar-refractivity contribution in [3.63, 3.8) is 0 Å². The van der Waals surface area contributed by atoms with Gasteiger partial charge in [-0.1, -0.05) is 12.1 Å². The summed E-state index contributed by atoms with van der Waals surface area (Å²) >= 11 is 1.38. The fourth-order valence-corrected chi connectivity index (χ4v) is 3.96. The quantitative estimate of drug-likeness (QED) is 0.654. The van der Waals surface area contributed by atoms with Crippen LogP contribution in [0.4, 0.5) is 10.8 Å². The molecule has 144 valence electrons. The van der Waals surface area contributed by atoms with Crippen LogP contribution < -0.4 is 14.4 Å². The van der Waals surface area contributed by atoms with Gasteiger partial charge in [-0.15, -0.1) is 11.3 Å². The number of fused-ring (bicyclic) bond motifs is 1. The average molecular weight is 396 g/mol. The summed E-state index contributed by atoms with van der Waals surface area (Å²) in [5, 5.41) is 2.44. The molecule has 0 saturated carbocycles. The van der Waals surface area contributed by atoms with E-state index in [1.165, 1.54) is 22.6 Å². The van der Waals surface area contributed by atoms with Crippen molar-refractivity contribution in [1.82, 2.24) is 15.0 Å². The number of rotatable bonds is 5. The lowest BCUT2D eigenvalue weighted by Crippen LogP contribution is -2.31. The van der Waals surface area contributed by atoms with E-state index in [0.717, 1.165) is 17.7 Å². The highest BCUT2D eigenvalue weighted by Gasteiger charge is 2.32. The van der Waals surface area contributed by atoms with E-state index in [4.69, 9.17) is 9.47 Å². The molecule has 0 N–H and O–H groups in total. The Morgan fingerprint density at radius 2 is 2.11 bits per heavy atom. The fourth-order valence-electron chi connectivity index (χ4n) is 3.12. The minimum atomic E-state index is -0.280. The van der Waals surface area contributed by atoms with Gasteiger partial charge >= 0.3 is 0 Å². The molecular formula is C20H20N4O3S. The number of anilines is 2. The van der Waals surface area contributed by atoms with E-state index in [1.54, 1.807) is 12.4 Å². The Hall–Kier alpha value is -3.00. The first-order chi connectivity index (χ1) is 13.4. The van der Waals surface area contributed by atoms with E-state index in [1.807, 2.05) is 44.4 Å². The van der Waals surface area contributed by atoms with Gasteiger partial charge in [-0.25, -0.2) is 19.9 Å². The fraction of sp³-hybridized carbons (Fsp3) is 0.300. The van der Waals surface area contributed by atoms with E-state index in [9.17, 15) is 4.79 Å². The van der Waals surface area contributed by atoms with E-state index in [2.05, 4.69) is 15.0 Å². The van der Waals surface area contributed by atoms with Gasteiger partial charge in [-0.05, 0) is 26.8 Å². The summed E-state index contributed by atoms with van der Waals surface area (Å²) in [6.07, 6.45) is 5.38. The van der Waals surface area contributed by atoms with Crippen molar-refractivity contribution in [2.75, 3.05) is 11.5 Å². The molecule has 1 aliphatic heterocycles. The van der Waals surface area contributed by atoms with Crippen LogP contribution in [0, 0.1) is 6.92 Å². The number of hydrogen-bond acceptors (Lipinski definition) is 7. The Bertz CT molecular complexity index is 1000. The summed E-state index contributed by atoms with van der Waals surface area (Å²) < 4.78 is 11.9. The van der Waals surface area contributed by atoms with Crippen LogP contribution in [0.3, 0.4) is 0 Å². The standard InChI is InChI=1S/C20H20N4O3S/c1-13-11-28-19(23-13)24(15-8-21-12-22-9-15)17(25)10-26-16-6-4-5-14-7-20(2,3)27-18(14)16/h4-6,8-9,11-12H,7,10H2,1-3H3. The summed E-state index contributed by atoms with van der Waals surface area (Å²) in [5.41, 5.74) is 2.18. The van der Waals surface area contributed by atoms with Crippen molar-refractivity contribution < 1.29 is 14.3 Å². The van der Waals surface area contributed by atoms with Gasteiger partial charge in [-0.2, -0.15) is 0 Å². The van der Waals surface area contributed by atoms with Crippen molar-refractivity contribution in [3.8, 4) is 11.5 Å². The predicted molar refractivity (Wildman–Crippen MR) is 106 cm³/mol. The number of carbonyl (C=O) groups is 1. The second-order valence-electron chi connectivity index (χ2n) is 7.17. The molecule has 0 spiro atoms. The number of ether oxygens (including phenoxy) is 2. The van der Waals surface area contributed by atoms with Gasteiger partial charge in [0.25, 0.3) is 5.91 Å². The van der Waals surface area contributed by atoms with E-state index < -0.39 is 0 Å². The third kappa shape index (κ3) is 3.68. The first kappa shape index (κ1) is 18.4. The Balaban J connectivity index is 1.56. The third-order valence-electron chi connectivity index (χ3n) is 4.26. The first-order valence-corrected chi connectivity index (χ1v) is 9.75. The first-order valence-electron chi connectivity index (χ1n) is 8.87. The number of amides is 1. The molecule has 3 heterocycles. The van der Waals surface area contributed by atoms with Gasteiger partial charge < -0.3 is 9.47 Å². The molecule has 0 bridgehead atoms. The molecule has 28 heavy (non-hydrogen) atoms. The maximum atomic E-state index is 13.0. The second kappa shape index (κ2) is 7.20. The zero-order valence-corrected chi connectivity index (χ0v) is 16.7. The normalized spacial score (nSPS) is 14.2. The van der Waals surface area contributed by atoms with Crippen molar-refractivity contribution >= 4 is 28.1 Å². The van der Waals surface area contributed by atoms with Crippen LogP contribution in [0.25, 0.3) is 0 Å². The number of para-hydroxylation sites is 1. The lowest BCUT2D eigenvalue weighted by Gasteiger charge is -2.20. The monoisotopic (exact) mass is 396 g/mol. The van der Waals surface area contributed by atoms with Crippen molar-refractivity contribution in [2.24, 2.45) is 0 Å². The summed E-state index contributed by atoms with van der Waals surface area (Å²) in [6, 6.07) is 5.75. The molecule has 0 saturated heterocycles. The number of hydrogen-bond donors (Lipinski definition) is 0. The largest absolute Gasteiger partial charge is 0.483 e. The van der Waals surface area contributed by atoms with Gasteiger partial charge in [0.05, 0.1) is 23.8 Å². The molecule has 1 amide bonds. The van der Waals surface area contributed by atoms with Crippen molar-refractivity contribution in [2.45, 2.75) is 32.8 Å². The molecular weight excluding hydrogens is 376 g/mol. The highest BCUT2D eigenvalue weighted by Crippen LogP contribution is 2.41. The van der Waals surface area contributed by atoms with Crippen molar-refractivity contribution in [3.05, 3.63) is 53.6 Å². The topological polar surface area (TPSA) is 77.4 Å². The molecule has 1 aliphatic rings. The van der Waals surface area contributed by atoms with Crippen LogP contribution in [-0.2, 0) is 11.2 Å². The number of nitrogens with zero attached hydrogens (tertiary/aromatic N) is 4. The van der Waals surface area contributed by atoms with E-state index >= 15 is 0 Å². The molecule has 0 aliphatic carbocycles. The van der Waals surface area contributed by atoms with Crippen LogP contribution in [-0.4, -0.2) is 33.1 Å². The van der Waals surface area contributed by atoms with Gasteiger partial charge in [0.1, 0.15) is 11.9 Å². The van der Waals surface area contributed by atoms with Crippen LogP contribution in [0.1, 0.15) is 25.1 Å². The minimum Gasteiger partial charge on any atom is -0.483 e. The van der Waals surface area contributed by atoms with Crippen LogP contribution >= 0.6 is 11.3 Å². The minimum absolute atomic E-state index is 0.159. The van der Waals surface area contributed by atoms with E-state index in [0.29, 0.717) is 22.3 Å². The summed E-state index contributed by atoms with van der Waals surface area (Å²) in [7, 11) is 0. The maximum Gasteiger partial charge on any atom is 0.271 e. The summed E-state index contributed by atoms with van der Waals surface area (Å²) in [4.78, 5) is 27.0. The van der Waals surface area contributed by atoms with Gasteiger partial charge in [0.15, 0.2) is 23.2 Å². The number of aromatic nitrogens is 3. The summed E-state index contributed by atoms with van der Waals surface area (Å²) in [5.74, 6) is 1.01. The molecule has 4 rings (SSSR count). The number of benzene rings is 1. The number of carbonyl (C=O) groups excluding carboxylic acids is 1. The molecule has 0 atom stereocenters. The van der Waals surface area contributed by atoms with Crippen LogP contribution in [0.15, 0.2) is 42.3 Å². The average Bonchev–Trinajstić information content (AvgIpc) is 3.22. The molecule has 0 radical (unpaired) electrons. The molecule has 7 nitrogen and oxygen atoms in total. The predicted octanol–water partition coefficient (Wildman–Crippen LogP) is 3.70. The van der Waals surface area contributed by atoms with Gasteiger partial charge in [0.2, 0.25) is 0 Å². The van der Waals surface area contributed by atoms with Crippen LogP contribution in [0.5, 0.6) is 11.5 Å². The molecule has 3 aromatic rings. The van der Waals surface area contributed by atoms with Gasteiger partial charge in [-0.3, -0.25) is 4.79 Å². The SMILES string of the molecule is Cc1csc(N(C(=O)COc2cccc3c2OC(C)(C)C3)c2cncnc2)n1. The van der Waals surface area contributed by atoms with E-state index in [-0.39, 0.29) is 18.1 Å². The molecule has 8 heteroatoms.